The number of hydrogen-bond acceptors (Lipinski definition) is 7. The molecule has 2 aromatic heterocycles. The van der Waals surface area contributed by atoms with Gasteiger partial charge in [0.25, 0.3) is 5.89 Å². The number of hydrogen-bond donors (Lipinski definition) is 1. The third-order valence-corrected chi connectivity index (χ3v) is 6.83. The number of benzene rings is 1. The molecular weight excluding hydrogens is 453 g/mol. The highest BCUT2D eigenvalue weighted by atomic mass is 35.5. The second-order valence-corrected chi connectivity index (χ2v) is 9.41. The Morgan fingerprint density at radius 1 is 1.19 bits per heavy atom. The van der Waals surface area contributed by atoms with E-state index in [-0.39, 0.29) is 35.6 Å². The maximum absolute atomic E-state index is 12.6. The number of carbonyl (C=O) groups excluding carboxylic acids is 1. The Labute approximate surface area is 183 Å². The molecule has 3 aromatic rings. The number of halogens is 4. The van der Waals surface area contributed by atoms with Gasteiger partial charge in [-0.05, 0) is 50.3 Å². The van der Waals surface area contributed by atoms with Crippen LogP contribution < -0.4 is 5.32 Å². The summed E-state index contributed by atoms with van der Waals surface area (Å²) in [7, 11) is 0. The average Bonchev–Trinajstić information content (AvgIpc) is 3.25. The van der Waals surface area contributed by atoms with Gasteiger partial charge in [-0.1, -0.05) is 11.6 Å². The predicted molar refractivity (Wildman–Crippen MR) is 102 cm³/mol. The fourth-order valence-electron chi connectivity index (χ4n) is 5.11. The number of aromatic nitrogens is 3. The van der Waals surface area contributed by atoms with E-state index in [1.54, 1.807) is 18.2 Å². The normalized spacial score (nSPS) is 31.0. The van der Waals surface area contributed by atoms with Crippen LogP contribution in [0.1, 0.15) is 60.5 Å². The minimum Gasteiger partial charge on any atom is -0.432 e. The van der Waals surface area contributed by atoms with Gasteiger partial charge in [-0.3, -0.25) is 9.53 Å². The van der Waals surface area contributed by atoms with Gasteiger partial charge in [0, 0.05) is 16.5 Å². The largest absolute Gasteiger partial charge is 0.522 e. The first-order valence-electron chi connectivity index (χ1n) is 10.1. The molecule has 0 unspecified atom stereocenters. The number of rotatable bonds is 5. The lowest BCUT2D eigenvalue weighted by Crippen LogP contribution is -2.76. The van der Waals surface area contributed by atoms with Gasteiger partial charge >= 0.3 is 12.3 Å². The number of ether oxygens (including phenoxy) is 1. The number of oxazole rings is 1. The number of nitrogens with zero attached hydrogens (tertiary/aromatic N) is 3. The fourth-order valence-corrected chi connectivity index (χ4v) is 5.27. The summed E-state index contributed by atoms with van der Waals surface area (Å²) in [4.78, 5) is 16.8. The summed E-state index contributed by atoms with van der Waals surface area (Å²) in [6, 6.07) is 4.94. The molecule has 1 aromatic carbocycles. The van der Waals surface area contributed by atoms with Gasteiger partial charge in [0.2, 0.25) is 11.8 Å². The lowest BCUT2D eigenvalue weighted by atomic mass is 9.39. The molecule has 4 aliphatic carbocycles. The zero-order chi connectivity index (χ0) is 22.3. The molecule has 1 N–H and O–H groups in total. The molecule has 4 fully saturated rings. The van der Waals surface area contributed by atoms with Crippen molar-refractivity contribution in [2.45, 2.75) is 61.4 Å². The SMILES string of the molecule is O=C(NC12CC(c3nnc(C4CC(OC(F)(F)F)C4)o3)(C1)C2)c1nc2cc(Cl)ccc2o1. The van der Waals surface area contributed by atoms with Gasteiger partial charge in [-0.2, -0.15) is 0 Å². The molecule has 0 atom stereocenters. The Balaban J connectivity index is 1.06. The summed E-state index contributed by atoms with van der Waals surface area (Å²) in [5, 5.41) is 11.6. The Morgan fingerprint density at radius 3 is 2.66 bits per heavy atom. The van der Waals surface area contributed by atoms with Crippen molar-refractivity contribution in [1.82, 2.24) is 20.5 Å². The van der Waals surface area contributed by atoms with E-state index in [1.807, 2.05) is 0 Å². The molecule has 0 radical (unpaired) electrons. The lowest BCUT2D eigenvalue weighted by Gasteiger charge is -2.68. The monoisotopic (exact) mass is 468 g/mol. The molecule has 168 valence electrons. The first kappa shape index (κ1) is 20.0. The Morgan fingerprint density at radius 2 is 1.94 bits per heavy atom. The predicted octanol–water partition coefficient (Wildman–Crippen LogP) is 4.25. The van der Waals surface area contributed by atoms with Gasteiger partial charge in [-0.25, -0.2) is 4.98 Å². The van der Waals surface area contributed by atoms with E-state index in [1.165, 1.54) is 0 Å². The molecule has 0 saturated heterocycles. The van der Waals surface area contributed by atoms with Crippen LogP contribution in [0, 0.1) is 0 Å². The quantitative estimate of drug-likeness (QED) is 0.597. The topological polar surface area (TPSA) is 103 Å². The molecule has 1 amide bonds. The average molecular weight is 469 g/mol. The van der Waals surface area contributed by atoms with Crippen LogP contribution in [0.5, 0.6) is 0 Å². The Bertz CT molecular complexity index is 1210. The first-order valence-corrected chi connectivity index (χ1v) is 10.5. The number of amides is 1. The van der Waals surface area contributed by atoms with Crippen molar-refractivity contribution in [3.63, 3.8) is 0 Å². The third-order valence-electron chi connectivity index (χ3n) is 6.59. The Kier molecular flexibility index (Phi) is 4.02. The summed E-state index contributed by atoms with van der Waals surface area (Å²) >= 11 is 5.94. The standard InChI is InChI=1S/C20H16ClF3N4O4/c21-10-1-2-13-12(5-10)25-16(30-13)14(29)26-19-6-18(7-19,8-19)17-28-27-15(31-17)9-3-11(4-9)32-20(22,23)24/h1-2,5,9,11H,3-4,6-8H2,(H,26,29). The second kappa shape index (κ2) is 6.44. The van der Waals surface area contributed by atoms with Gasteiger partial charge in [0.15, 0.2) is 5.58 Å². The van der Waals surface area contributed by atoms with Gasteiger partial charge < -0.3 is 14.2 Å². The molecule has 4 saturated carbocycles. The van der Waals surface area contributed by atoms with Crippen molar-refractivity contribution < 1.29 is 31.5 Å². The zero-order valence-corrected chi connectivity index (χ0v) is 17.2. The molecule has 7 rings (SSSR count). The van der Waals surface area contributed by atoms with Crippen LogP contribution in [-0.2, 0) is 10.2 Å². The molecular formula is C20H16ClF3N4O4. The molecule has 12 heteroatoms. The van der Waals surface area contributed by atoms with E-state index in [0.29, 0.717) is 47.2 Å². The fraction of sp³-hybridized carbons (Fsp3) is 0.500. The number of carbonyl (C=O) groups is 1. The minimum atomic E-state index is -4.63. The van der Waals surface area contributed by atoms with Crippen LogP contribution in [-0.4, -0.2) is 39.1 Å². The number of alkyl halides is 3. The first-order chi connectivity index (χ1) is 15.1. The zero-order valence-electron chi connectivity index (χ0n) is 16.4. The van der Waals surface area contributed by atoms with Crippen LogP contribution in [0.2, 0.25) is 5.02 Å². The van der Waals surface area contributed by atoms with Crippen molar-refractivity contribution in [3.8, 4) is 0 Å². The summed E-state index contributed by atoms with van der Waals surface area (Å²) < 4.78 is 52.1. The van der Waals surface area contributed by atoms with E-state index in [9.17, 15) is 18.0 Å². The third kappa shape index (κ3) is 3.17. The van der Waals surface area contributed by atoms with Crippen LogP contribution in [0.3, 0.4) is 0 Å². The number of fused-ring (bicyclic) bond motifs is 1. The van der Waals surface area contributed by atoms with Crippen LogP contribution in [0.25, 0.3) is 11.1 Å². The number of nitrogens with one attached hydrogen (secondary N) is 1. The summed E-state index contributed by atoms with van der Waals surface area (Å²) in [5.74, 6) is 0.163. The van der Waals surface area contributed by atoms with Crippen LogP contribution >= 0.6 is 11.6 Å². The van der Waals surface area contributed by atoms with E-state index < -0.39 is 18.4 Å². The molecule has 0 spiro atoms. The molecule has 0 aliphatic heterocycles. The lowest BCUT2D eigenvalue weighted by molar-refractivity contribution is -0.352. The molecule has 2 heterocycles. The second-order valence-electron chi connectivity index (χ2n) is 8.98. The highest BCUT2D eigenvalue weighted by molar-refractivity contribution is 6.31. The van der Waals surface area contributed by atoms with Gasteiger partial charge in [-0.15, -0.1) is 23.4 Å². The van der Waals surface area contributed by atoms with E-state index in [0.717, 1.165) is 0 Å². The smallest absolute Gasteiger partial charge is 0.432 e. The van der Waals surface area contributed by atoms with Gasteiger partial charge in [0.1, 0.15) is 5.52 Å². The molecule has 8 nitrogen and oxygen atoms in total. The molecule has 32 heavy (non-hydrogen) atoms. The van der Waals surface area contributed by atoms with Crippen molar-refractivity contribution in [3.05, 3.63) is 40.9 Å². The van der Waals surface area contributed by atoms with Gasteiger partial charge in [0.05, 0.1) is 11.5 Å². The maximum Gasteiger partial charge on any atom is 0.522 e. The summed E-state index contributed by atoms with van der Waals surface area (Å²) in [6.07, 6.45) is -3.18. The summed E-state index contributed by atoms with van der Waals surface area (Å²) in [5.41, 5.74) is 0.324. The van der Waals surface area contributed by atoms with E-state index in [4.69, 9.17) is 20.4 Å². The molecule has 2 bridgehead atoms. The van der Waals surface area contributed by atoms with Crippen molar-refractivity contribution >= 4 is 28.6 Å². The maximum atomic E-state index is 12.6. The van der Waals surface area contributed by atoms with Crippen molar-refractivity contribution in [2.75, 3.05) is 0 Å². The van der Waals surface area contributed by atoms with E-state index >= 15 is 0 Å². The Hall–Kier alpha value is -2.66. The highest BCUT2D eigenvalue weighted by Gasteiger charge is 2.72. The minimum absolute atomic E-state index is 0.0262. The molecule has 4 aliphatic rings. The van der Waals surface area contributed by atoms with E-state index in [2.05, 4.69) is 25.2 Å². The van der Waals surface area contributed by atoms with Crippen molar-refractivity contribution in [1.29, 1.82) is 0 Å². The highest BCUT2D eigenvalue weighted by Crippen LogP contribution is 2.67. The van der Waals surface area contributed by atoms with Crippen LogP contribution in [0.15, 0.2) is 27.0 Å². The van der Waals surface area contributed by atoms with Crippen LogP contribution in [0.4, 0.5) is 13.2 Å². The summed E-state index contributed by atoms with van der Waals surface area (Å²) in [6.45, 7) is 0. The van der Waals surface area contributed by atoms with Crippen molar-refractivity contribution in [2.24, 2.45) is 0 Å².